The lowest BCUT2D eigenvalue weighted by Crippen LogP contribution is -2.32. The number of benzene rings is 3. The molecule has 0 heterocycles. The number of aromatic hydroxyl groups is 1. The molecule has 0 radical (unpaired) electrons. The maximum atomic E-state index is 10.3. The maximum absolute atomic E-state index is 10.3. The molecule has 134 valence electrons. The minimum atomic E-state index is 0.120. The number of phenolic OH excluding ortho intramolecular Hbond substituents is 1. The normalized spacial score (nSPS) is 13.5. The summed E-state index contributed by atoms with van der Waals surface area (Å²) in [6, 6.07) is 29.2. The first-order valence-corrected chi connectivity index (χ1v) is 9.29. The Hall–Kier alpha value is -2.58. The van der Waals surface area contributed by atoms with Gasteiger partial charge < -0.3 is 5.11 Å². The quantitative estimate of drug-likeness (QED) is 0.588. The van der Waals surface area contributed by atoms with Gasteiger partial charge >= 0.3 is 0 Å². The van der Waals surface area contributed by atoms with E-state index in [1.165, 1.54) is 11.1 Å². The molecule has 0 aliphatic carbocycles. The number of hydrogen-bond donors (Lipinski definition) is 1. The van der Waals surface area contributed by atoms with Crippen LogP contribution >= 0.6 is 0 Å². The predicted molar refractivity (Wildman–Crippen MR) is 108 cm³/mol. The van der Waals surface area contributed by atoms with Crippen molar-refractivity contribution in [3.8, 4) is 5.75 Å². The van der Waals surface area contributed by atoms with E-state index >= 15 is 0 Å². The lowest BCUT2D eigenvalue weighted by molar-refractivity contribution is 0.154. The smallest absolute Gasteiger partial charge is 0.120 e. The van der Waals surface area contributed by atoms with Crippen LogP contribution in [0.25, 0.3) is 0 Å². The molecule has 0 fully saturated rings. The van der Waals surface area contributed by atoms with Crippen molar-refractivity contribution < 1.29 is 5.11 Å². The van der Waals surface area contributed by atoms with Gasteiger partial charge in [-0.2, -0.15) is 0 Å². The molecular weight excluding hydrogens is 318 g/mol. The van der Waals surface area contributed by atoms with Crippen molar-refractivity contribution in [2.45, 2.75) is 32.4 Å². The van der Waals surface area contributed by atoms with Crippen LogP contribution in [0.3, 0.4) is 0 Å². The summed E-state index contributed by atoms with van der Waals surface area (Å²) in [5.41, 5.74) is 3.61. The second-order valence-electron chi connectivity index (χ2n) is 6.79. The molecule has 0 spiro atoms. The van der Waals surface area contributed by atoms with Crippen LogP contribution in [-0.2, 0) is 6.42 Å². The van der Waals surface area contributed by atoms with Gasteiger partial charge in [-0.15, -0.1) is 0 Å². The Labute approximate surface area is 156 Å². The molecule has 1 N–H and O–H groups in total. The highest BCUT2D eigenvalue weighted by atomic mass is 16.3. The van der Waals surface area contributed by atoms with Crippen LogP contribution in [0.2, 0.25) is 0 Å². The van der Waals surface area contributed by atoms with E-state index < -0.39 is 0 Å². The third kappa shape index (κ3) is 4.33. The fourth-order valence-electron chi connectivity index (χ4n) is 3.57. The van der Waals surface area contributed by atoms with Gasteiger partial charge in [0.15, 0.2) is 0 Å². The lowest BCUT2D eigenvalue weighted by atomic mass is 9.99. The van der Waals surface area contributed by atoms with Crippen molar-refractivity contribution in [2.24, 2.45) is 0 Å². The number of para-hydroxylation sites is 1. The molecule has 0 saturated carbocycles. The lowest BCUT2D eigenvalue weighted by Gasteiger charge is -2.35. The maximum Gasteiger partial charge on any atom is 0.120 e. The Bertz CT molecular complexity index is 801. The fourth-order valence-corrected chi connectivity index (χ4v) is 3.57. The van der Waals surface area contributed by atoms with Crippen molar-refractivity contribution in [1.82, 2.24) is 4.90 Å². The minimum absolute atomic E-state index is 0.120. The van der Waals surface area contributed by atoms with Gasteiger partial charge in [-0.3, -0.25) is 4.90 Å². The van der Waals surface area contributed by atoms with Gasteiger partial charge in [0.2, 0.25) is 0 Å². The van der Waals surface area contributed by atoms with Gasteiger partial charge in [-0.05, 0) is 37.5 Å². The summed E-state index contributed by atoms with van der Waals surface area (Å²) in [5, 5.41) is 10.3. The van der Waals surface area contributed by atoms with Crippen LogP contribution in [0, 0.1) is 0 Å². The molecular formula is C24H27NO. The van der Waals surface area contributed by atoms with Crippen LogP contribution in [-0.4, -0.2) is 16.6 Å². The Kier molecular flexibility index (Phi) is 6.08. The first kappa shape index (κ1) is 18.2. The van der Waals surface area contributed by atoms with E-state index in [-0.39, 0.29) is 12.1 Å². The summed E-state index contributed by atoms with van der Waals surface area (Å²) in [6.45, 7) is 5.35. The van der Waals surface area contributed by atoms with E-state index in [2.05, 4.69) is 79.4 Å². The van der Waals surface area contributed by atoms with E-state index in [1.54, 1.807) is 6.07 Å². The molecule has 0 aromatic heterocycles. The minimum Gasteiger partial charge on any atom is -0.508 e. The second kappa shape index (κ2) is 8.68. The highest BCUT2D eigenvalue weighted by Gasteiger charge is 2.24. The van der Waals surface area contributed by atoms with Crippen LogP contribution in [0.15, 0.2) is 84.9 Å². The summed E-state index contributed by atoms with van der Waals surface area (Å²) in [4.78, 5) is 2.47. The molecule has 0 bridgehead atoms. The molecule has 0 aliphatic rings. The largest absolute Gasteiger partial charge is 0.508 e. The van der Waals surface area contributed by atoms with E-state index in [0.29, 0.717) is 5.75 Å². The van der Waals surface area contributed by atoms with Crippen LogP contribution in [0.4, 0.5) is 0 Å². The van der Waals surface area contributed by atoms with Gasteiger partial charge in [0.25, 0.3) is 0 Å². The van der Waals surface area contributed by atoms with Crippen LogP contribution in [0.1, 0.15) is 42.6 Å². The second-order valence-corrected chi connectivity index (χ2v) is 6.79. The van der Waals surface area contributed by atoms with Crippen molar-refractivity contribution in [3.05, 3.63) is 102 Å². The van der Waals surface area contributed by atoms with Crippen LogP contribution < -0.4 is 0 Å². The van der Waals surface area contributed by atoms with E-state index in [9.17, 15) is 5.11 Å². The number of phenols is 1. The van der Waals surface area contributed by atoms with Gasteiger partial charge in [0, 0.05) is 24.2 Å². The zero-order valence-corrected chi connectivity index (χ0v) is 15.5. The van der Waals surface area contributed by atoms with Gasteiger partial charge in [0.05, 0.1) is 0 Å². The van der Waals surface area contributed by atoms with Crippen molar-refractivity contribution in [2.75, 3.05) is 6.54 Å². The van der Waals surface area contributed by atoms with Crippen molar-refractivity contribution in [1.29, 1.82) is 0 Å². The van der Waals surface area contributed by atoms with Crippen molar-refractivity contribution in [3.63, 3.8) is 0 Å². The molecule has 0 unspecified atom stereocenters. The SMILES string of the molecule is C[C@H](c1ccccc1)N(CCc1ccccc1)[C@H](C)c1ccccc1O. The number of hydrogen-bond acceptors (Lipinski definition) is 2. The van der Waals surface area contributed by atoms with E-state index in [1.807, 2.05) is 18.2 Å². The first-order valence-electron chi connectivity index (χ1n) is 9.29. The zero-order valence-electron chi connectivity index (χ0n) is 15.5. The molecule has 0 amide bonds. The summed E-state index contributed by atoms with van der Waals surface area (Å²) in [5.74, 6) is 0.366. The molecule has 2 atom stereocenters. The first-order chi connectivity index (χ1) is 12.7. The summed E-state index contributed by atoms with van der Waals surface area (Å²) in [6.07, 6.45) is 0.982. The predicted octanol–water partition coefficient (Wildman–Crippen LogP) is 5.76. The molecule has 0 aliphatic heterocycles. The molecule has 26 heavy (non-hydrogen) atoms. The zero-order chi connectivity index (χ0) is 18.4. The Morgan fingerprint density at radius 2 is 1.31 bits per heavy atom. The third-order valence-electron chi connectivity index (χ3n) is 5.17. The molecule has 0 saturated heterocycles. The third-order valence-corrected chi connectivity index (χ3v) is 5.17. The number of rotatable bonds is 7. The van der Waals surface area contributed by atoms with E-state index in [4.69, 9.17) is 0 Å². The van der Waals surface area contributed by atoms with Gasteiger partial charge in [-0.25, -0.2) is 0 Å². The average Bonchev–Trinajstić information content (AvgIpc) is 2.69. The number of nitrogens with zero attached hydrogens (tertiary/aromatic N) is 1. The topological polar surface area (TPSA) is 23.5 Å². The Balaban J connectivity index is 1.86. The fraction of sp³-hybridized carbons (Fsp3) is 0.250. The Morgan fingerprint density at radius 3 is 1.96 bits per heavy atom. The highest BCUT2D eigenvalue weighted by molar-refractivity contribution is 5.34. The Morgan fingerprint density at radius 1 is 0.731 bits per heavy atom. The standard InChI is InChI=1S/C24H27NO/c1-19(22-13-7-4-8-14-22)25(18-17-21-11-5-3-6-12-21)20(2)23-15-9-10-16-24(23)26/h3-16,19-20,26H,17-18H2,1-2H3/t19-,20-/m1/s1. The summed E-state index contributed by atoms with van der Waals surface area (Å²) >= 11 is 0. The molecule has 3 aromatic rings. The molecule has 2 nitrogen and oxygen atoms in total. The van der Waals surface area contributed by atoms with Gasteiger partial charge in [0.1, 0.15) is 5.75 Å². The average molecular weight is 345 g/mol. The molecule has 3 aromatic carbocycles. The summed E-state index contributed by atoms with van der Waals surface area (Å²) < 4.78 is 0. The van der Waals surface area contributed by atoms with E-state index in [0.717, 1.165) is 18.5 Å². The van der Waals surface area contributed by atoms with Gasteiger partial charge in [-0.1, -0.05) is 78.9 Å². The monoisotopic (exact) mass is 345 g/mol. The van der Waals surface area contributed by atoms with Crippen LogP contribution in [0.5, 0.6) is 5.75 Å². The molecule has 3 rings (SSSR count). The summed E-state index contributed by atoms with van der Waals surface area (Å²) in [7, 11) is 0. The van der Waals surface area contributed by atoms with Crippen molar-refractivity contribution >= 4 is 0 Å². The molecule has 2 heteroatoms. The highest BCUT2D eigenvalue weighted by Crippen LogP contribution is 2.34.